The van der Waals surface area contributed by atoms with E-state index < -0.39 is 9.84 Å². The molecule has 1 atom stereocenters. The van der Waals surface area contributed by atoms with E-state index >= 15 is 0 Å². The molecule has 1 saturated heterocycles. The second-order valence-corrected chi connectivity index (χ2v) is 7.43. The molecule has 2 heterocycles. The number of hydrogen-bond donors (Lipinski definition) is 1. The molecule has 1 aromatic carbocycles. The monoisotopic (exact) mass is 306 g/mol. The second kappa shape index (κ2) is 5.57. The van der Waals surface area contributed by atoms with Gasteiger partial charge in [-0.1, -0.05) is 17.3 Å². The first-order valence-corrected chi connectivity index (χ1v) is 8.85. The fraction of sp³-hybridized carbons (Fsp3) is 0.429. The third kappa shape index (κ3) is 3.30. The van der Waals surface area contributed by atoms with Crippen LogP contribution in [0.1, 0.15) is 12.8 Å². The van der Waals surface area contributed by atoms with Crippen molar-refractivity contribution in [1.29, 1.82) is 0 Å². The summed E-state index contributed by atoms with van der Waals surface area (Å²) in [5.74, 6) is 0. The largest absolute Gasteiger partial charge is 0.312 e. The molecule has 2 aromatic rings. The van der Waals surface area contributed by atoms with E-state index in [0.29, 0.717) is 10.9 Å². The predicted octanol–water partition coefficient (Wildman–Crippen LogP) is 1.10. The number of nitrogens with one attached hydrogen (secondary N) is 1. The van der Waals surface area contributed by atoms with E-state index in [-0.39, 0.29) is 0 Å². The molecule has 1 N–H and O–H groups in total. The molecule has 112 valence electrons. The van der Waals surface area contributed by atoms with E-state index in [1.165, 1.54) is 12.7 Å². The highest BCUT2D eigenvalue weighted by Gasteiger charge is 2.15. The van der Waals surface area contributed by atoms with Gasteiger partial charge in [0.2, 0.25) is 0 Å². The zero-order valence-electron chi connectivity index (χ0n) is 11.9. The molecule has 1 aromatic heterocycles. The summed E-state index contributed by atoms with van der Waals surface area (Å²) in [6.07, 6.45) is 5.47. The molecule has 0 saturated carbocycles. The van der Waals surface area contributed by atoms with Crippen LogP contribution in [0, 0.1) is 0 Å². The smallest absolute Gasteiger partial charge is 0.175 e. The Morgan fingerprint density at radius 1 is 1.33 bits per heavy atom. The molecule has 6 nitrogen and oxygen atoms in total. The Morgan fingerprint density at radius 3 is 2.71 bits per heavy atom. The topological polar surface area (TPSA) is 76.9 Å². The Balaban J connectivity index is 1.76. The van der Waals surface area contributed by atoms with Gasteiger partial charge in [0.05, 0.1) is 17.6 Å². The second-order valence-electron chi connectivity index (χ2n) is 5.42. The first-order chi connectivity index (χ1) is 10.0. The van der Waals surface area contributed by atoms with Gasteiger partial charge in [-0.15, -0.1) is 5.10 Å². The average molecular weight is 306 g/mol. The molecule has 0 spiro atoms. The molecule has 0 amide bonds. The van der Waals surface area contributed by atoms with Gasteiger partial charge >= 0.3 is 0 Å². The summed E-state index contributed by atoms with van der Waals surface area (Å²) in [6, 6.07) is 7.19. The Kier molecular flexibility index (Phi) is 3.77. The van der Waals surface area contributed by atoms with Crippen LogP contribution in [-0.4, -0.2) is 42.3 Å². The summed E-state index contributed by atoms with van der Waals surface area (Å²) in [7, 11) is -3.16. The molecule has 1 aliphatic heterocycles. The summed E-state index contributed by atoms with van der Waals surface area (Å²) in [4.78, 5) is 0.314. The number of nitrogens with zero attached hydrogens (tertiary/aromatic N) is 3. The summed E-state index contributed by atoms with van der Waals surface area (Å²) in [5.41, 5.74) is 1.63. The maximum Gasteiger partial charge on any atom is 0.175 e. The number of hydrogen-bond acceptors (Lipinski definition) is 5. The van der Waals surface area contributed by atoms with E-state index in [9.17, 15) is 8.42 Å². The minimum absolute atomic E-state index is 0.314. The number of rotatable bonds is 4. The third-order valence-corrected chi connectivity index (χ3v) is 4.82. The van der Waals surface area contributed by atoms with Crippen molar-refractivity contribution in [3.05, 3.63) is 30.5 Å². The van der Waals surface area contributed by atoms with Crippen molar-refractivity contribution in [3.8, 4) is 11.3 Å². The molecule has 1 fully saturated rings. The zero-order chi connectivity index (χ0) is 14.9. The summed E-state index contributed by atoms with van der Waals surface area (Å²) < 4.78 is 24.7. The van der Waals surface area contributed by atoms with Gasteiger partial charge in [-0.25, -0.2) is 8.42 Å². The lowest BCUT2D eigenvalue weighted by atomic mass is 10.2. The first-order valence-electron chi connectivity index (χ1n) is 6.96. The van der Waals surface area contributed by atoms with Crippen molar-refractivity contribution in [3.63, 3.8) is 0 Å². The molecule has 7 heteroatoms. The minimum Gasteiger partial charge on any atom is -0.312 e. The fourth-order valence-corrected chi connectivity index (χ4v) is 3.16. The van der Waals surface area contributed by atoms with E-state index in [1.54, 1.807) is 24.3 Å². The van der Waals surface area contributed by atoms with Crippen molar-refractivity contribution < 1.29 is 8.42 Å². The Bertz CT molecular complexity index is 716. The molecule has 0 aliphatic carbocycles. The molecule has 21 heavy (non-hydrogen) atoms. The lowest BCUT2D eigenvalue weighted by molar-refractivity contribution is 0.466. The van der Waals surface area contributed by atoms with Gasteiger partial charge in [-0.2, -0.15) is 0 Å². The van der Waals surface area contributed by atoms with Crippen LogP contribution in [0.3, 0.4) is 0 Å². The van der Waals surface area contributed by atoms with E-state index in [4.69, 9.17) is 0 Å². The van der Waals surface area contributed by atoms with Crippen LogP contribution in [0.15, 0.2) is 35.4 Å². The normalized spacial score (nSPS) is 19.0. The van der Waals surface area contributed by atoms with Gasteiger partial charge in [-0.3, -0.25) is 4.68 Å². The quantitative estimate of drug-likeness (QED) is 0.915. The van der Waals surface area contributed by atoms with Gasteiger partial charge in [0, 0.05) is 17.9 Å². The lowest BCUT2D eigenvalue weighted by Crippen LogP contribution is -2.26. The Morgan fingerprint density at radius 2 is 2.10 bits per heavy atom. The number of aromatic nitrogens is 3. The molecule has 0 radical (unpaired) electrons. The van der Waals surface area contributed by atoms with E-state index in [2.05, 4.69) is 15.6 Å². The molecular weight excluding hydrogens is 288 g/mol. The van der Waals surface area contributed by atoms with Crippen LogP contribution in [-0.2, 0) is 16.4 Å². The van der Waals surface area contributed by atoms with Crippen LogP contribution >= 0.6 is 0 Å². The lowest BCUT2D eigenvalue weighted by Gasteiger charge is -2.08. The van der Waals surface area contributed by atoms with E-state index in [0.717, 1.165) is 30.8 Å². The van der Waals surface area contributed by atoms with Crippen molar-refractivity contribution in [1.82, 2.24) is 20.3 Å². The highest BCUT2D eigenvalue weighted by Crippen LogP contribution is 2.19. The Hall–Kier alpha value is -1.73. The van der Waals surface area contributed by atoms with Gasteiger partial charge in [0.1, 0.15) is 5.69 Å². The highest BCUT2D eigenvalue weighted by molar-refractivity contribution is 7.90. The predicted molar refractivity (Wildman–Crippen MR) is 79.6 cm³/mol. The molecule has 0 unspecified atom stereocenters. The van der Waals surface area contributed by atoms with E-state index in [1.807, 2.05) is 10.9 Å². The summed E-state index contributed by atoms with van der Waals surface area (Å²) in [5, 5.41) is 11.7. The SMILES string of the molecule is CS(=O)(=O)c1ccc(-c2cn(C[C@H]3CCCN3)nn2)cc1. The standard InChI is InChI=1S/C14H18N4O2S/c1-21(19,20)13-6-4-11(5-7-13)14-10-18(17-16-14)9-12-3-2-8-15-12/h4-7,10,12,15H,2-3,8-9H2,1H3/t12-/m1/s1. The van der Waals surface area contributed by atoms with Crippen molar-refractivity contribution in [2.24, 2.45) is 0 Å². The highest BCUT2D eigenvalue weighted by atomic mass is 32.2. The summed E-state index contributed by atoms with van der Waals surface area (Å²) in [6.45, 7) is 1.88. The van der Waals surface area contributed by atoms with Gasteiger partial charge in [-0.05, 0) is 31.5 Å². The summed E-state index contributed by atoms with van der Waals surface area (Å²) >= 11 is 0. The first kappa shape index (κ1) is 14.2. The molecule has 1 aliphatic rings. The third-order valence-electron chi connectivity index (χ3n) is 3.69. The van der Waals surface area contributed by atoms with Crippen molar-refractivity contribution in [2.45, 2.75) is 30.3 Å². The number of sulfone groups is 1. The molecular formula is C14H18N4O2S. The van der Waals surface area contributed by atoms with Gasteiger partial charge in [0.25, 0.3) is 0 Å². The average Bonchev–Trinajstić information content (AvgIpc) is 3.10. The molecule has 0 bridgehead atoms. The van der Waals surface area contributed by atoms with Gasteiger partial charge in [0.15, 0.2) is 9.84 Å². The van der Waals surface area contributed by atoms with Crippen LogP contribution in [0.2, 0.25) is 0 Å². The minimum atomic E-state index is -3.16. The molecule has 3 rings (SSSR count). The van der Waals surface area contributed by atoms with Crippen LogP contribution in [0.25, 0.3) is 11.3 Å². The van der Waals surface area contributed by atoms with Crippen molar-refractivity contribution in [2.75, 3.05) is 12.8 Å². The van der Waals surface area contributed by atoms with Crippen molar-refractivity contribution >= 4 is 9.84 Å². The number of benzene rings is 1. The zero-order valence-corrected chi connectivity index (χ0v) is 12.7. The van der Waals surface area contributed by atoms with Crippen LogP contribution in [0.4, 0.5) is 0 Å². The fourth-order valence-electron chi connectivity index (χ4n) is 2.53. The Labute approximate surface area is 124 Å². The van der Waals surface area contributed by atoms with Crippen LogP contribution in [0.5, 0.6) is 0 Å². The maximum atomic E-state index is 11.4. The van der Waals surface area contributed by atoms with Crippen LogP contribution < -0.4 is 5.32 Å². The maximum absolute atomic E-state index is 11.4. The van der Waals surface area contributed by atoms with Gasteiger partial charge < -0.3 is 5.32 Å².